The molecule has 1 amide bonds. The summed E-state index contributed by atoms with van der Waals surface area (Å²) in [6, 6.07) is 7.62. The molecule has 1 heterocycles. The molecule has 1 aromatic carbocycles. The van der Waals surface area contributed by atoms with Gasteiger partial charge in [-0.05, 0) is 50.7 Å². The molecule has 0 radical (unpaired) electrons. The third-order valence-corrected chi connectivity index (χ3v) is 7.18. The van der Waals surface area contributed by atoms with Gasteiger partial charge in [-0.2, -0.15) is 0 Å². The number of ether oxygens (including phenoxy) is 2. The molecule has 0 spiro atoms. The summed E-state index contributed by atoms with van der Waals surface area (Å²) in [6.45, 7) is 10.2. The lowest BCUT2D eigenvalue weighted by Crippen LogP contribution is -2.54. The molecule has 194 valence electrons. The largest absolute Gasteiger partial charge is 0.491 e. The molecule has 5 heteroatoms. The highest BCUT2D eigenvalue weighted by Crippen LogP contribution is 2.25. The van der Waals surface area contributed by atoms with E-state index in [1.165, 1.54) is 90.3 Å². The molecule has 0 aliphatic carbocycles. The van der Waals surface area contributed by atoms with Crippen LogP contribution in [0.5, 0.6) is 5.75 Å². The van der Waals surface area contributed by atoms with Crippen molar-refractivity contribution in [2.24, 2.45) is 0 Å². The first-order chi connectivity index (χ1) is 16.7. The number of anilines is 1. The van der Waals surface area contributed by atoms with Crippen molar-refractivity contribution in [3.05, 3.63) is 24.3 Å². The van der Waals surface area contributed by atoms with E-state index in [4.69, 9.17) is 9.47 Å². The highest BCUT2D eigenvalue weighted by atomic mass is 16.5. The van der Waals surface area contributed by atoms with Gasteiger partial charge in [0.1, 0.15) is 18.9 Å². The molecule has 1 saturated heterocycles. The first kappa shape index (κ1) is 28.5. The summed E-state index contributed by atoms with van der Waals surface area (Å²) in [6.07, 6.45) is 17.7. The van der Waals surface area contributed by atoms with Crippen molar-refractivity contribution in [1.82, 2.24) is 0 Å². The molecule has 1 aliphatic rings. The maximum absolute atomic E-state index is 12.5. The number of quaternary nitrogens is 1. The second kappa shape index (κ2) is 17.7. The predicted molar refractivity (Wildman–Crippen MR) is 143 cm³/mol. The second-order valence-corrected chi connectivity index (χ2v) is 10.1. The molecule has 5 nitrogen and oxygen atoms in total. The molecule has 0 saturated carbocycles. The number of piperidine rings is 1. The van der Waals surface area contributed by atoms with Crippen molar-refractivity contribution in [3.8, 4) is 5.75 Å². The van der Waals surface area contributed by atoms with Gasteiger partial charge in [0.15, 0.2) is 0 Å². The molecule has 1 N–H and O–H groups in total. The van der Waals surface area contributed by atoms with Gasteiger partial charge in [-0.1, -0.05) is 77.3 Å². The zero-order valence-corrected chi connectivity index (χ0v) is 22.1. The number of benzene rings is 1. The average Bonchev–Trinajstić information content (AvgIpc) is 2.85. The average molecular weight is 476 g/mol. The molecule has 1 aromatic rings. The van der Waals surface area contributed by atoms with Gasteiger partial charge in [-0.15, -0.1) is 0 Å². The summed E-state index contributed by atoms with van der Waals surface area (Å²) >= 11 is 0. The van der Waals surface area contributed by atoms with Crippen LogP contribution in [0.2, 0.25) is 0 Å². The van der Waals surface area contributed by atoms with E-state index in [0.29, 0.717) is 24.7 Å². The number of carbonyl (C=O) groups is 1. The first-order valence-electron chi connectivity index (χ1n) is 14.2. The lowest BCUT2D eigenvalue weighted by atomic mass is 10.0. The minimum absolute atomic E-state index is 0.383. The van der Waals surface area contributed by atoms with E-state index in [-0.39, 0.29) is 6.09 Å². The molecular formula is C29H51N2O3+. The highest BCUT2D eigenvalue weighted by Gasteiger charge is 2.29. The fourth-order valence-corrected chi connectivity index (χ4v) is 5.03. The summed E-state index contributed by atoms with van der Waals surface area (Å²) in [5.41, 5.74) is 0.685. The van der Waals surface area contributed by atoms with Gasteiger partial charge in [0, 0.05) is 0 Å². The SMILES string of the molecule is CCCCCCCCCC[N+]1(CCOC(=O)Nc2ccccc2OCCCCC)CCCCC1. The van der Waals surface area contributed by atoms with Gasteiger partial charge in [-0.25, -0.2) is 4.79 Å². The third-order valence-electron chi connectivity index (χ3n) is 7.18. The van der Waals surface area contributed by atoms with Crippen molar-refractivity contribution in [2.45, 2.75) is 104 Å². The number of amides is 1. The van der Waals surface area contributed by atoms with Crippen LogP contribution >= 0.6 is 0 Å². The molecule has 1 aliphatic heterocycles. The van der Waals surface area contributed by atoms with Crippen molar-refractivity contribution in [1.29, 1.82) is 0 Å². The molecule has 0 atom stereocenters. The van der Waals surface area contributed by atoms with Gasteiger partial charge in [-0.3, -0.25) is 5.32 Å². The van der Waals surface area contributed by atoms with Crippen LogP contribution in [0.1, 0.15) is 104 Å². The van der Waals surface area contributed by atoms with E-state index in [2.05, 4.69) is 19.2 Å². The van der Waals surface area contributed by atoms with Crippen LogP contribution in [0.25, 0.3) is 0 Å². The zero-order chi connectivity index (χ0) is 24.3. The van der Waals surface area contributed by atoms with E-state index in [0.717, 1.165) is 30.3 Å². The van der Waals surface area contributed by atoms with Crippen molar-refractivity contribution < 1.29 is 18.8 Å². The number of hydrogen-bond acceptors (Lipinski definition) is 3. The Morgan fingerprint density at radius 2 is 1.44 bits per heavy atom. The van der Waals surface area contributed by atoms with E-state index in [9.17, 15) is 4.79 Å². The molecule has 34 heavy (non-hydrogen) atoms. The fourth-order valence-electron chi connectivity index (χ4n) is 5.03. The number of nitrogens with one attached hydrogen (secondary N) is 1. The molecule has 0 aromatic heterocycles. The number of nitrogens with zero attached hydrogens (tertiary/aromatic N) is 1. The van der Waals surface area contributed by atoms with Crippen LogP contribution in [0.15, 0.2) is 24.3 Å². The zero-order valence-electron chi connectivity index (χ0n) is 22.1. The van der Waals surface area contributed by atoms with Gasteiger partial charge in [0.25, 0.3) is 0 Å². The van der Waals surface area contributed by atoms with Gasteiger partial charge < -0.3 is 14.0 Å². The van der Waals surface area contributed by atoms with Gasteiger partial charge >= 0.3 is 6.09 Å². The lowest BCUT2D eigenvalue weighted by Gasteiger charge is -2.41. The predicted octanol–water partition coefficient (Wildman–Crippen LogP) is 7.95. The third kappa shape index (κ3) is 11.6. The van der Waals surface area contributed by atoms with Crippen LogP contribution in [0.3, 0.4) is 0 Å². The Kier molecular flexibility index (Phi) is 14.8. The van der Waals surface area contributed by atoms with E-state index >= 15 is 0 Å². The van der Waals surface area contributed by atoms with Crippen molar-refractivity contribution in [3.63, 3.8) is 0 Å². The van der Waals surface area contributed by atoms with E-state index in [1.807, 2.05) is 24.3 Å². The van der Waals surface area contributed by atoms with Gasteiger partial charge in [0.05, 0.1) is 31.9 Å². The highest BCUT2D eigenvalue weighted by molar-refractivity contribution is 5.86. The normalized spacial score (nSPS) is 15.1. The maximum atomic E-state index is 12.5. The number of hydrogen-bond donors (Lipinski definition) is 1. The Balaban J connectivity index is 1.72. The summed E-state index contributed by atoms with van der Waals surface area (Å²) in [5, 5.41) is 2.89. The van der Waals surface area contributed by atoms with Crippen molar-refractivity contribution >= 4 is 11.8 Å². The maximum Gasteiger partial charge on any atom is 0.411 e. The van der Waals surface area contributed by atoms with Gasteiger partial charge in [0.2, 0.25) is 0 Å². The second-order valence-electron chi connectivity index (χ2n) is 10.1. The Morgan fingerprint density at radius 1 is 0.794 bits per heavy atom. The standard InChI is InChI=1S/C29H50N2O3/c1-3-5-7-8-9-10-11-15-21-31(22-16-12-17-23-31)24-26-34-29(32)30-27-19-13-14-20-28(27)33-25-18-6-4-2/h13-14,19-20H,3-12,15-18,21-26H2,1-2H3/p+1. The number of para-hydroxylation sites is 2. The number of unbranched alkanes of at least 4 members (excludes halogenated alkanes) is 9. The monoisotopic (exact) mass is 475 g/mol. The smallest absolute Gasteiger partial charge is 0.411 e. The first-order valence-corrected chi connectivity index (χ1v) is 14.2. The number of rotatable bonds is 18. The minimum Gasteiger partial charge on any atom is -0.491 e. The van der Waals surface area contributed by atoms with E-state index in [1.54, 1.807) is 0 Å². The molecule has 1 fully saturated rings. The summed E-state index contributed by atoms with van der Waals surface area (Å²) in [7, 11) is 0. The van der Waals surface area contributed by atoms with Crippen LogP contribution < -0.4 is 10.1 Å². The fraction of sp³-hybridized carbons (Fsp3) is 0.759. The molecule has 0 bridgehead atoms. The Hall–Kier alpha value is -1.75. The Bertz CT molecular complexity index is 659. The van der Waals surface area contributed by atoms with Crippen LogP contribution in [-0.2, 0) is 4.74 Å². The summed E-state index contributed by atoms with van der Waals surface area (Å²) in [4.78, 5) is 12.5. The molecular weight excluding hydrogens is 424 g/mol. The van der Waals surface area contributed by atoms with Crippen molar-refractivity contribution in [2.75, 3.05) is 44.7 Å². The summed E-state index contributed by atoms with van der Waals surface area (Å²) < 4.78 is 12.6. The number of carbonyl (C=O) groups excluding carboxylic acids is 1. The lowest BCUT2D eigenvalue weighted by molar-refractivity contribution is -0.932. The Labute approximate surface area is 209 Å². The topological polar surface area (TPSA) is 47.6 Å². The van der Waals surface area contributed by atoms with Crippen LogP contribution in [-0.4, -0.2) is 50.0 Å². The molecule has 0 unspecified atom stereocenters. The quantitative estimate of drug-likeness (QED) is 0.173. The number of likely N-dealkylation sites (tertiary alicyclic amines) is 1. The van der Waals surface area contributed by atoms with E-state index < -0.39 is 0 Å². The summed E-state index contributed by atoms with van der Waals surface area (Å²) in [5.74, 6) is 0.713. The Morgan fingerprint density at radius 3 is 2.18 bits per heavy atom. The van der Waals surface area contributed by atoms with Crippen LogP contribution in [0, 0.1) is 0 Å². The molecule has 2 rings (SSSR count). The van der Waals surface area contributed by atoms with Crippen LogP contribution in [0.4, 0.5) is 10.5 Å². The minimum atomic E-state index is -0.383.